The van der Waals surface area contributed by atoms with Gasteiger partial charge in [0.05, 0.1) is 28.4 Å². The van der Waals surface area contributed by atoms with E-state index in [4.69, 9.17) is 9.72 Å². The third kappa shape index (κ3) is 3.00. The van der Waals surface area contributed by atoms with E-state index in [-0.39, 0.29) is 24.2 Å². The molecule has 3 heterocycles. The second kappa shape index (κ2) is 6.69. The topological polar surface area (TPSA) is 54.5 Å². The van der Waals surface area contributed by atoms with Gasteiger partial charge in [-0.3, -0.25) is 0 Å². The average Bonchev–Trinajstić information content (AvgIpc) is 3.32. The van der Waals surface area contributed by atoms with Crippen molar-refractivity contribution in [3.05, 3.63) is 29.3 Å². The molecule has 1 aromatic heterocycles. The van der Waals surface area contributed by atoms with Gasteiger partial charge in [-0.15, -0.1) is 11.3 Å². The summed E-state index contributed by atoms with van der Waals surface area (Å²) in [5.41, 5.74) is 1.03. The number of carbonyl (C=O) groups excluding carboxylic acids is 1. The van der Waals surface area contributed by atoms with Crippen LogP contribution in [0.25, 0.3) is 10.2 Å². The fourth-order valence-corrected chi connectivity index (χ4v) is 4.78. The predicted molar refractivity (Wildman–Crippen MR) is 95.3 cm³/mol. The van der Waals surface area contributed by atoms with Crippen molar-refractivity contribution in [3.63, 3.8) is 0 Å². The van der Waals surface area contributed by atoms with Crippen LogP contribution in [-0.2, 0) is 4.74 Å². The minimum absolute atomic E-state index is 0.0137. The first-order valence-electron chi connectivity index (χ1n) is 8.76. The molecule has 2 aliphatic heterocycles. The van der Waals surface area contributed by atoms with Crippen LogP contribution >= 0.6 is 11.3 Å². The third-order valence-corrected chi connectivity index (χ3v) is 6.12. The summed E-state index contributed by atoms with van der Waals surface area (Å²) in [7, 11) is 0. The molecule has 0 aliphatic carbocycles. The zero-order valence-corrected chi connectivity index (χ0v) is 14.7. The Morgan fingerprint density at radius 1 is 1.38 bits per heavy atom. The molecule has 0 unspecified atom stereocenters. The number of nitrogens with one attached hydrogen (secondary N) is 1. The number of rotatable bonds is 3. The summed E-state index contributed by atoms with van der Waals surface area (Å²) in [5.74, 6) is 0. The summed E-state index contributed by atoms with van der Waals surface area (Å²) in [5, 5.41) is 4.19. The lowest BCUT2D eigenvalue weighted by molar-refractivity contribution is 0.0829. The molecule has 128 valence electrons. The summed E-state index contributed by atoms with van der Waals surface area (Å²) >= 11 is 1.70. The van der Waals surface area contributed by atoms with Crippen LogP contribution in [0, 0.1) is 0 Å². The van der Waals surface area contributed by atoms with Crippen molar-refractivity contribution < 1.29 is 9.53 Å². The number of ether oxygens (including phenoxy) is 1. The number of hydrogen-bond donors (Lipinski definition) is 1. The van der Waals surface area contributed by atoms with Gasteiger partial charge in [-0.2, -0.15) is 0 Å². The lowest BCUT2D eigenvalue weighted by atomic mass is 10.1. The highest BCUT2D eigenvalue weighted by atomic mass is 32.1. The molecule has 0 bridgehead atoms. The smallest absolute Gasteiger partial charge is 0.318 e. The van der Waals surface area contributed by atoms with Gasteiger partial charge in [-0.1, -0.05) is 12.1 Å². The highest BCUT2D eigenvalue weighted by molar-refractivity contribution is 7.18. The van der Waals surface area contributed by atoms with Crippen LogP contribution in [-0.4, -0.2) is 41.2 Å². The van der Waals surface area contributed by atoms with Gasteiger partial charge >= 0.3 is 6.03 Å². The molecule has 6 heteroatoms. The number of hydrogen-bond acceptors (Lipinski definition) is 4. The maximum Gasteiger partial charge on any atom is 0.318 e. The van der Waals surface area contributed by atoms with Gasteiger partial charge in [0.15, 0.2) is 0 Å². The number of aromatic nitrogens is 1. The van der Waals surface area contributed by atoms with Gasteiger partial charge in [-0.25, -0.2) is 9.78 Å². The Labute approximate surface area is 146 Å². The predicted octanol–water partition coefficient (Wildman–Crippen LogP) is 3.71. The normalized spacial score (nSPS) is 25.3. The summed E-state index contributed by atoms with van der Waals surface area (Å²) in [6.07, 6.45) is 4.28. The van der Waals surface area contributed by atoms with Crippen molar-refractivity contribution in [1.82, 2.24) is 15.2 Å². The van der Waals surface area contributed by atoms with E-state index < -0.39 is 0 Å². The molecular weight excluding hydrogens is 322 g/mol. The zero-order chi connectivity index (χ0) is 16.5. The standard InChI is InChI=1S/C18H23N3O2S/c1-12(15-8-5-11-23-15)19-18(22)21-10-4-7-14(21)17-20-13-6-2-3-9-16(13)24-17/h2-3,6,9,12,14-15H,4-5,7-8,10-11H2,1H3,(H,19,22)/t12-,14+,15-/m0/s1. The van der Waals surface area contributed by atoms with Crippen LogP contribution in [0.1, 0.15) is 43.7 Å². The SMILES string of the molecule is C[C@H](NC(=O)N1CCC[C@@H]1c1nc2ccccc2s1)[C@@H]1CCCO1. The first-order valence-corrected chi connectivity index (χ1v) is 9.58. The molecule has 2 amide bonds. The Hall–Kier alpha value is -1.66. The van der Waals surface area contributed by atoms with Crippen LogP contribution < -0.4 is 5.32 Å². The van der Waals surface area contributed by atoms with Crippen molar-refractivity contribution in [2.75, 3.05) is 13.2 Å². The lowest BCUT2D eigenvalue weighted by Gasteiger charge is -2.27. The Bertz CT molecular complexity index is 693. The number of fused-ring (bicyclic) bond motifs is 1. The molecule has 4 rings (SSSR count). The largest absolute Gasteiger partial charge is 0.376 e. The van der Waals surface area contributed by atoms with Crippen molar-refractivity contribution in [2.45, 2.75) is 50.8 Å². The highest BCUT2D eigenvalue weighted by Crippen LogP contribution is 2.36. The van der Waals surface area contributed by atoms with Crippen LogP contribution in [0.5, 0.6) is 0 Å². The Morgan fingerprint density at radius 3 is 3.04 bits per heavy atom. The molecule has 3 atom stereocenters. The van der Waals surface area contributed by atoms with Crippen LogP contribution in [0.4, 0.5) is 4.79 Å². The van der Waals surface area contributed by atoms with E-state index >= 15 is 0 Å². The van der Waals surface area contributed by atoms with Crippen LogP contribution in [0.3, 0.4) is 0 Å². The van der Waals surface area contributed by atoms with E-state index in [2.05, 4.69) is 11.4 Å². The fraction of sp³-hybridized carbons (Fsp3) is 0.556. The molecule has 2 saturated heterocycles. The van der Waals surface area contributed by atoms with E-state index in [0.29, 0.717) is 0 Å². The van der Waals surface area contributed by atoms with Crippen molar-refractivity contribution in [3.8, 4) is 0 Å². The van der Waals surface area contributed by atoms with Gasteiger partial charge in [0.25, 0.3) is 0 Å². The van der Waals surface area contributed by atoms with Crippen molar-refractivity contribution >= 4 is 27.6 Å². The van der Waals surface area contributed by atoms with E-state index in [1.807, 2.05) is 30.0 Å². The molecule has 1 N–H and O–H groups in total. The number of nitrogens with zero attached hydrogens (tertiary/aromatic N) is 2. The van der Waals surface area contributed by atoms with Gasteiger partial charge in [0.1, 0.15) is 5.01 Å². The summed E-state index contributed by atoms with van der Waals surface area (Å²) in [4.78, 5) is 19.5. The van der Waals surface area contributed by atoms with E-state index in [0.717, 1.165) is 49.4 Å². The molecule has 0 saturated carbocycles. The Balaban J connectivity index is 1.48. The first kappa shape index (κ1) is 15.8. The van der Waals surface area contributed by atoms with E-state index in [1.54, 1.807) is 11.3 Å². The number of carbonyl (C=O) groups is 1. The number of thiazole rings is 1. The molecule has 0 radical (unpaired) electrons. The summed E-state index contributed by atoms with van der Waals surface area (Å²) < 4.78 is 6.87. The molecule has 2 aromatic rings. The number of benzene rings is 1. The van der Waals surface area contributed by atoms with E-state index in [9.17, 15) is 4.79 Å². The minimum Gasteiger partial charge on any atom is -0.376 e. The monoisotopic (exact) mass is 345 g/mol. The minimum atomic E-state index is 0.0137. The van der Waals surface area contributed by atoms with E-state index in [1.165, 1.54) is 4.70 Å². The van der Waals surface area contributed by atoms with Gasteiger partial charge in [0, 0.05) is 13.2 Å². The first-order chi connectivity index (χ1) is 11.7. The zero-order valence-electron chi connectivity index (χ0n) is 13.9. The average molecular weight is 345 g/mol. The number of para-hydroxylation sites is 1. The van der Waals surface area contributed by atoms with Gasteiger partial charge in [-0.05, 0) is 44.7 Å². The molecule has 2 aliphatic rings. The number of amides is 2. The maximum atomic E-state index is 12.7. The second-order valence-corrected chi connectivity index (χ2v) is 7.72. The summed E-state index contributed by atoms with van der Waals surface area (Å²) in [6, 6.07) is 8.33. The van der Waals surface area contributed by atoms with Gasteiger partial charge < -0.3 is 15.0 Å². The molecule has 0 spiro atoms. The molecule has 5 nitrogen and oxygen atoms in total. The van der Waals surface area contributed by atoms with Crippen molar-refractivity contribution in [2.24, 2.45) is 0 Å². The second-order valence-electron chi connectivity index (χ2n) is 6.66. The quantitative estimate of drug-likeness (QED) is 0.922. The Morgan fingerprint density at radius 2 is 2.25 bits per heavy atom. The molecule has 24 heavy (non-hydrogen) atoms. The van der Waals surface area contributed by atoms with Crippen LogP contribution in [0.15, 0.2) is 24.3 Å². The lowest BCUT2D eigenvalue weighted by Crippen LogP contribution is -2.47. The van der Waals surface area contributed by atoms with Gasteiger partial charge in [0.2, 0.25) is 0 Å². The molecule has 2 fully saturated rings. The Kier molecular flexibility index (Phi) is 4.41. The highest BCUT2D eigenvalue weighted by Gasteiger charge is 2.34. The molecular formula is C18H23N3O2S. The fourth-order valence-electron chi connectivity index (χ4n) is 3.67. The number of likely N-dealkylation sites (tertiary alicyclic amines) is 1. The number of urea groups is 1. The maximum absolute atomic E-state index is 12.7. The van der Waals surface area contributed by atoms with Crippen molar-refractivity contribution in [1.29, 1.82) is 0 Å². The molecule has 1 aromatic carbocycles. The van der Waals surface area contributed by atoms with Crippen LogP contribution in [0.2, 0.25) is 0 Å². The third-order valence-electron chi connectivity index (χ3n) is 4.98. The summed E-state index contributed by atoms with van der Waals surface area (Å²) in [6.45, 7) is 3.64.